The van der Waals surface area contributed by atoms with E-state index >= 15 is 0 Å². The predicted octanol–water partition coefficient (Wildman–Crippen LogP) is 2.75. The number of aromatic hydroxyl groups is 1. The van der Waals surface area contributed by atoms with Crippen molar-refractivity contribution in [2.75, 3.05) is 18.6 Å². The Balaban J connectivity index is 2.12. The first kappa shape index (κ1) is 15.2. The Morgan fingerprint density at radius 3 is 2.70 bits per heavy atom. The van der Waals surface area contributed by atoms with Crippen LogP contribution in [0.2, 0.25) is 0 Å². The molecule has 1 unspecified atom stereocenters. The molecule has 108 valence electrons. The number of thioether (sulfide) groups is 1. The van der Waals surface area contributed by atoms with Crippen molar-refractivity contribution in [2.24, 2.45) is 0 Å². The van der Waals surface area contributed by atoms with E-state index in [2.05, 4.69) is 5.32 Å². The third kappa shape index (κ3) is 3.66. The van der Waals surface area contributed by atoms with E-state index in [-0.39, 0.29) is 0 Å². The normalized spacial score (nSPS) is 14.3. The molecule has 0 spiro atoms. The van der Waals surface area contributed by atoms with Gasteiger partial charge in [-0.25, -0.2) is 0 Å². The molecule has 0 saturated carbocycles. The van der Waals surface area contributed by atoms with Crippen LogP contribution in [0.3, 0.4) is 0 Å². The maximum Gasteiger partial charge on any atom is 0.120 e. The van der Waals surface area contributed by atoms with Crippen LogP contribution in [0, 0.1) is 0 Å². The molecule has 0 aliphatic rings. The third-order valence-electron chi connectivity index (χ3n) is 3.28. The second-order valence-electron chi connectivity index (χ2n) is 5.32. The van der Waals surface area contributed by atoms with Crippen LogP contribution in [0.1, 0.15) is 12.5 Å². The summed E-state index contributed by atoms with van der Waals surface area (Å²) in [6, 6.07) is 11.6. The summed E-state index contributed by atoms with van der Waals surface area (Å²) in [4.78, 5) is 0. The molecule has 1 atom stereocenters. The van der Waals surface area contributed by atoms with Crippen LogP contribution in [0.15, 0.2) is 36.4 Å². The van der Waals surface area contributed by atoms with Crippen molar-refractivity contribution in [3.8, 4) is 5.75 Å². The molecular weight excluding hydrogens is 270 g/mol. The molecule has 2 aromatic carbocycles. The molecule has 0 saturated heterocycles. The number of phenols is 1. The van der Waals surface area contributed by atoms with Crippen LogP contribution < -0.4 is 5.32 Å². The summed E-state index contributed by atoms with van der Waals surface area (Å²) < 4.78 is 0. The molecule has 0 fully saturated rings. The Bertz CT molecular complexity index is 584. The van der Waals surface area contributed by atoms with Crippen molar-refractivity contribution in [1.29, 1.82) is 0 Å². The van der Waals surface area contributed by atoms with Crippen molar-refractivity contribution in [2.45, 2.75) is 19.1 Å². The van der Waals surface area contributed by atoms with Crippen LogP contribution in [0.25, 0.3) is 10.8 Å². The molecule has 3 N–H and O–H groups in total. The fourth-order valence-electron chi connectivity index (χ4n) is 2.33. The number of benzene rings is 2. The third-order valence-corrected chi connectivity index (χ3v) is 4.19. The number of hydrogen-bond donors (Lipinski definition) is 3. The number of nitrogens with one attached hydrogen (secondary N) is 1. The lowest BCUT2D eigenvalue weighted by Gasteiger charge is -2.23. The van der Waals surface area contributed by atoms with Crippen LogP contribution in [0.5, 0.6) is 5.75 Å². The van der Waals surface area contributed by atoms with Gasteiger partial charge < -0.3 is 15.5 Å². The summed E-state index contributed by atoms with van der Waals surface area (Å²) in [6.07, 6.45) is 1.98. The lowest BCUT2D eigenvalue weighted by molar-refractivity contribution is 0.0845. The minimum Gasteiger partial charge on any atom is -0.508 e. The van der Waals surface area contributed by atoms with E-state index in [4.69, 9.17) is 0 Å². The second-order valence-corrected chi connectivity index (χ2v) is 6.18. The molecule has 3 nitrogen and oxygen atoms in total. The van der Waals surface area contributed by atoms with E-state index in [1.54, 1.807) is 17.8 Å². The van der Waals surface area contributed by atoms with Gasteiger partial charge in [-0.05, 0) is 30.0 Å². The van der Waals surface area contributed by atoms with Crippen LogP contribution >= 0.6 is 11.8 Å². The molecule has 0 amide bonds. The first-order valence-corrected chi connectivity index (χ1v) is 8.04. The molecule has 0 aromatic heterocycles. The quantitative estimate of drug-likeness (QED) is 0.766. The largest absolute Gasteiger partial charge is 0.508 e. The van der Waals surface area contributed by atoms with E-state index in [0.29, 0.717) is 24.6 Å². The molecule has 0 heterocycles. The van der Waals surface area contributed by atoms with E-state index in [1.807, 2.05) is 43.5 Å². The molecule has 2 aromatic rings. The highest BCUT2D eigenvalue weighted by atomic mass is 32.2. The standard InChI is InChI=1S/C16H21NO2S/c1-16(19,11-20-2)10-17-9-14-13-6-4-3-5-12(13)7-8-15(14)18/h3-8,17-19H,9-11H2,1-2H3. The zero-order valence-electron chi connectivity index (χ0n) is 11.9. The van der Waals surface area contributed by atoms with Gasteiger partial charge in [-0.2, -0.15) is 11.8 Å². The summed E-state index contributed by atoms with van der Waals surface area (Å²) in [5.41, 5.74) is 0.141. The summed E-state index contributed by atoms with van der Waals surface area (Å²) >= 11 is 1.62. The van der Waals surface area contributed by atoms with Gasteiger partial charge in [-0.3, -0.25) is 0 Å². The fourth-order valence-corrected chi connectivity index (χ4v) is 3.05. The average molecular weight is 291 g/mol. The number of fused-ring (bicyclic) bond motifs is 1. The van der Waals surface area contributed by atoms with Crippen molar-refractivity contribution in [1.82, 2.24) is 5.32 Å². The SMILES string of the molecule is CSCC(C)(O)CNCc1c(O)ccc2ccccc12. The molecule has 20 heavy (non-hydrogen) atoms. The first-order valence-electron chi connectivity index (χ1n) is 6.65. The number of hydrogen-bond acceptors (Lipinski definition) is 4. The highest BCUT2D eigenvalue weighted by Gasteiger charge is 2.19. The fraction of sp³-hybridized carbons (Fsp3) is 0.375. The lowest BCUT2D eigenvalue weighted by atomic mass is 10.0. The molecule has 4 heteroatoms. The minimum atomic E-state index is -0.736. The molecule has 0 bridgehead atoms. The van der Waals surface area contributed by atoms with Crippen LogP contribution in [-0.4, -0.2) is 34.4 Å². The van der Waals surface area contributed by atoms with Crippen molar-refractivity contribution >= 4 is 22.5 Å². The van der Waals surface area contributed by atoms with Gasteiger partial charge in [0.25, 0.3) is 0 Å². The van der Waals surface area contributed by atoms with Gasteiger partial charge >= 0.3 is 0 Å². The average Bonchev–Trinajstić information content (AvgIpc) is 2.41. The molecule has 0 aliphatic carbocycles. The van der Waals surface area contributed by atoms with Gasteiger partial charge in [0, 0.05) is 24.4 Å². The molecule has 0 aliphatic heterocycles. The zero-order chi connectivity index (χ0) is 14.6. The summed E-state index contributed by atoms with van der Waals surface area (Å²) in [6.45, 7) is 2.85. The smallest absolute Gasteiger partial charge is 0.120 e. The number of rotatable bonds is 6. The van der Waals surface area contributed by atoms with Gasteiger partial charge in [0.05, 0.1) is 5.60 Å². The second kappa shape index (κ2) is 6.48. The van der Waals surface area contributed by atoms with Crippen molar-refractivity contribution in [3.63, 3.8) is 0 Å². The van der Waals surface area contributed by atoms with Crippen molar-refractivity contribution < 1.29 is 10.2 Å². The van der Waals surface area contributed by atoms with Gasteiger partial charge in [-0.1, -0.05) is 30.3 Å². The highest BCUT2D eigenvalue weighted by Crippen LogP contribution is 2.26. The van der Waals surface area contributed by atoms with Gasteiger partial charge in [0.15, 0.2) is 0 Å². The molecule has 0 radical (unpaired) electrons. The monoisotopic (exact) mass is 291 g/mol. The summed E-state index contributed by atoms with van der Waals surface area (Å²) in [5.74, 6) is 0.974. The van der Waals surface area contributed by atoms with Crippen molar-refractivity contribution in [3.05, 3.63) is 42.0 Å². The maximum absolute atomic E-state index is 10.1. The number of phenolic OH excluding ortho intramolecular Hbond substituents is 1. The molecule has 2 rings (SSSR count). The topological polar surface area (TPSA) is 52.5 Å². The van der Waals surface area contributed by atoms with Gasteiger partial charge in [0.1, 0.15) is 5.75 Å². The van der Waals surface area contributed by atoms with Crippen LogP contribution in [-0.2, 0) is 6.54 Å². The minimum absolute atomic E-state index is 0.292. The van der Waals surface area contributed by atoms with E-state index in [0.717, 1.165) is 16.3 Å². The Labute approximate surface area is 124 Å². The predicted molar refractivity (Wildman–Crippen MR) is 86.3 cm³/mol. The van der Waals surface area contributed by atoms with Gasteiger partial charge in [-0.15, -0.1) is 0 Å². The van der Waals surface area contributed by atoms with Gasteiger partial charge in [0.2, 0.25) is 0 Å². The van der Waals surface area contributed by atoms with E-state index in [9.17, 15) is 10.2 Å². The van der Waals surface area contributed by atoms with E-state index < -0.39 is 5.60 Å². The van der Waals surface area contributed by atoms with E-state index in [1.165, 1.54) is 0 Å². The number of aliphatic hydroxyl groups is 1. The van der Waals surface area contributed by atoms with Crippen LogP contribution in [0.4, 0.5) is 0 Å². The highest BCUT2D eigenvalue weighted by molar-refractivity contribution is 7.98. The lowest BCUT2D eigenvalue weighted by Crippen LogP contribution is -2.39. The summed E-state index contributed by atoms with van der Waals surface area (Å²) in [7, 11) is 0. The Hall–Kier alpha value is -1.23. The summed E-state index contributed by atoms with van der Waals surface area (Å²) in [5, 5.41) is 25.6. The zero-order valence-corrected chi connectivity index (χ0v) is 12.7. The first-order chi connectivity index (χ1) is 9.53. The Kier molecular flexibility index (Phi) is 4.91. The molecular formula is C16H21NO2S. The maximum atomic E-state index is 10.1. The Morgan fingerprint density at radius 2 is 1.95 bits per heavy atom. The Morgan fingerprint density at radius 1 is 1.20 bits per heavy atom.